The van der Waals surface area contributed by atoms with Gasteiger partial charge in [-0.2, -0.15) is 0 Å². The molecule has 0 bridgehead atoms. The van der Waals surface area contributed by atoms with Gasteiger partial charge in [0, 0.05) is 11.6 Å². The van der Waals surface area contributed by atoms with E-state index in [2.05, 4.69) is 5.32 Å². The molecule has 1 unspecified atom stereocenters. The smallest absolute Gasteiger partial charge is 0.138 e. The molecule has 1 heterocycles. The second-order valence-electron chi connectivity index (χ2n) is 4.41. The Labute approximate surface area is 127 Å². The molecule has 1 saturated heterocycles. The van der Waals surface area contributed by atoms with Gasteiger partial charge in [-0.1, -0.05) is 37.6 Å². The van der Waals surface area contributed by atoms with Crippen molar-refractivity contribution in [1.29, 1.82) is 0 Å². The van der Waals surface area contributed by atoms with Crippen LogP contribution in [0.4, 0.5) is 0 Å². The van der Waals surface area contributed by atoms with Crippen LogP contribution in [0.25, 0.3) is 0 Å². The number of nitrogens with one attached hydrogen (secondary N) is 1. The van der Waals surface area contributed by atoms with E-state index in [9.17, 15) is 4.79 Å². The van der Waals surface area contributed by atoms with Crippen molar-refractivity contribution in [2.75, 3.05) is 19.6 Å². The van der Waals surface area contributed by atoms with Gasteiger partial charge in [-0.15, -0.1) is 0 Å². The summed E-state index contributed by atoms with van der Waals surface area (Å²) in [5, 5.41) is 3.89. The van der Waals surface area contributed by atoms with Gasteiger partial charge in [-0.25, -0.2) is 0 Å². The lowest BCUT2D eigenvalue weighted by atomic mass is 9.96. The Morgan fingerprint density at radius 3 is 2.05 bits per heavy atom. The molecular formula is C16H27ClN2O. The second kappa shape index (κ2) is 11.9. The van der Waals surface area contributed by atoms with Crippen molar-refractivity contribution in [2.45, 2.75) is 39.5 Å². The zero-order valence-corrected chi connectivity index (χ0v) is 13.5. The number of halogens is 1. The molecule has 3 N–H and O–H groups in total. The van der Waals surface area contributed by atoms with Gasteiger partial charge in [0.15, 0.2) is 0 Å². The monoisotopic (exact) mass is 298 g/mol. The minimum absolute atomic E-state index is 0.0878. The van der Waals surface area contributed by atoms with E-state index >= 15 is 0 Å². The highest BCUT2D eigenvalue weighted by Crippen LogP contribution is 2.18. The molecule has 2 rings (SSSR count). The summed E-state index contributed by atoms with van der Waals surface area (Å²) in [5.41, 5.74) is 6.42. The first-order valence-electron chi connectivity index (χ1n) is 7.32. The lowest BCUT2D eigenvalue weighted by Gasteiger charge is -2.10. The maximum atomic E-state index is 11.1. The quantitative estimate of drug-likeness (QED) is 0.899. The first-order chi connectivity index (χ1) is 9.65. The molecule has 0 radical (unpaired) electrons. The van der Waals surface area contributed by atoms with Crippen molar-refractivity contribution in [3.63, 3.8) is 0 Å². The van der Waals surface area contributed by atoms with E-state index in [-0.39, 0.29) is 11.7 Å². The van der Waals surface area contributed by atoms with Crippen molar-refractivity contribution < 1.29 is 4.79 Å². The molecule has 3 nitrogen and oxygen atoms in total. The molecular weight excluding hydrogens is 272 g/mol. The van der Waals surface area contributed by atoms with Crippen LogP contribution in [0.1, 0.15) is 45.1 Å². The summed E-state index contributed by atoms with van der Waals surface area (Å²) in [4.78, 5) is 11.1. The highest BCUT2D eigenvalue weighted by molar-refractivity contribution is 6.30. The summed E-state index contributed by atoms with van der Waals surface area (Å²) < 4.78 is 0. The predicted molar refractivity (Wildman–Crippen MR) is 87.4 cm³/mol. The third-order valence-corrected chi connectivity index (χ3v) is 3.21. The zero-order chi connectivity index (χ0) is 15.4. The van der Waals surface area contributed by atoms with Crippen LogP contribution in [0, 0.1) is 0 Å². The molecule has 1 aliphatic heterocycles. The number of carbonyl (C=O) groups excluding carboxylic acids is 1. The van der Waals surface area contributed by atoms with Crippen LogP contribution < -0.4 is 11.1 Å². The number of benzene rings is 1. The molecule has 1 aromatic carbocycles. The van der Waals surface area contributed by atoms with Crippen LogP contribution in [-0.4, -0.2) is 25.4 Å². The molecule has 0 aliphatic carbocycles. The molecule has 1 aliphatic rings. The molecule has 0 saturated carbocycles. The van der Waals surface area contributed by atoms with Crippen molar-refractivity contribution in [3.8, 4) is 0 Å². The molecule has 1 fully saturated rings. The zero-order valence-electron chi connectivity index (χ0n) is 12.8. The molecule has 4 heteroatoms. The van der Waals surface area contributed by atoms with E-state index < -0.39 is 0 Å². The molecule has 1 aromatic rings. The molecule has 20 heavy (non-hydrogen) atoms. The van der Waals surface area contributed by atoms with Crippen LogP contribution >= 0.6 is 11.6 Å². The van der Waals surface area contributed by atoms with Gasteiger partial charge < -0.3 is 11.1 Å². The van der Waals surface area contributed by atoms with Gasteiger partial charge in [0.1, 0.15) is 5.78 Å². The minimum atomic E-state index is -0.197. The Balaban J connectivity index is 0.000000427. The van der Waals surface area contributed by atoms with Crippen LogP contribution in [0.15, 0.2) is 24.3 Å². The van der Waals surface area contributed by atoms with E-state index in [1.165, 1.54) is 25.9 Å². The SMILES string of the molecule is C1CCNC1.CC.CC(=O)C(CN)c1ccc(Cl)cc1. The number of hydrogen-bond acceptors (Lipinski definition) is 3. The van der Waals surface area contributed by atoms with E-state index in [1.807, 2.05) is 26.0 Å². The van der Waals surface area contributed by atoms with Crippen LogP contribution in [0.3, 0.4) is 0 Å². The van der Waals surface area contributed by atoms with Crippen molar-refractivity contribution in [3.05, 3.63) is 34.9 Å². The van der Waals surface area contributed by atoms with Crippen LogP contribution in [-0.2, 0) is 4.79 Å². The molecule has 114 valence electrons. The van der Waals surface area contributed by atoms with Gasteiger partial charge in [-0.3, -0.25) is 4.79 Å². The van der Waals surface area contributed by atoms with Gasteiger partial charge in [0.05, 0.1) is 5.92 Å². The third kappa shape index (κ3) is 7.63. The number of Topliss-reactive ketones (excluding diaryl/α,β-unsaturated/α-hetero) is 1. The van der Waals surface area contributed by atoms with E-state index in [0.29, 0.717) is 11.6 Å². The Hall–Kier alpha value is -0.900. The van der Waals surface area contributed by atoms with Crippen molar-refractivity contribution >= 4 is 17.4 Å². The number of nitrogens with two attached hydrogens (primary N) is 1. The molecule has 0 amide bonds. The summed E-state index contributed by atoms with van der Waals surface area (Å²) in [6.45, 7) is 8.39. The fraction of sp³-hybridized carbons (Fsp3) is 0.562. The fourth-order valence-electron chi connectivity index (χ4n) is 1.86. The third-order valence-electron chi connectivity index (χ3n) is 2.96. The molecule has 0 spiro atoms. The average molecular weight is 299 g/mol. The Bertz CT molecular complexity index is 354. The first-order valence-corrected chi connectivity index (χ1v) is 7.69. The van der Waals surface area contributed by atoms with Gasteiger partial charge in [0.2, 0.25) is 0 Å². The lowest BCUT2D eigenvalue weighted by molar-refractivity contribution is -0.118. The maximum Gasteiger partial charge on any atom is 0.138 e. The van der Waals surface area contributed by atoms with Gasteiger partial charge >= 0.3 is 0 Å². The van der Waals surface area contributed by atoms with E-state index in [0.717, 1.165) is 5.56 Å². The van der Waals surface area contributed by atoms with E-state index in [1.54, 1.807) is 19.1 Å². The maximum absolute atomic E-state index is 11.1. The predicted octanol–water partition coefficient (Wildman–Crippen LogP) is 3.37. The molecule has 1 atom stereocenters. The standard InChI is InChI=1S/C10H12ClNO.C4H9N.C2H6/c1-7(13)10(6-12)8-2-4-9(11)5-3-8;1-2-4-5-3-1;1-2/h2-5,10H,6,12H2,1H3;5H,1-4H2;1-2H3. The largest absolute Gasteiger partial charge is 0.329 e. The van der Waals surface area contributed by atoms with Crippen LogP contribution in [0.5, 0.6) is 0 Å². The molecule has 0 aromatic heterocycles. The highest BCUT2D eigenvalue weighted by Gasteiger charge is 2.13. The first kappa shape index (κ1) is 19.1. The highest BCUT2D eigenvalue weighted by atomic mass is 35.5. The number of rotatable bonds is 3. The second-order valence-corrected chi connectivity index (χ2v) is 4.84. The van der Waals surface area contributed by atoms with Crippen molar-refractivity contribution in [1.82, 2.24) is 5.32 Å². The number of hydrogen-bond donors (Lipinski definition) is 2. The minimum Gasteiger partial charge on any atom is -0.329 e. The Morgan fingerprint density at radius 1 is 1.25 bits per heavy atom. The Morgan fingerprint density at radius 2 is 1.75 bits per heavy atom. The summed E-state index contributed by atoms with van der Waals surface area (Å²) in [5.74, 6) is -0.109. The lowest BCUT2D eigenvalue weighted by Crippen LogP contribution is -2.19. The fourth-order valence-corrected chi connectivity index (χ4v) is 1.98. The van der Waals surface area contributed by atoms with Crippen LogP contribution in [0.2, 0.25) is 5.02 Å². The number of carbonyl (C=O) groups is 1. The summed E-state index contributed by atoms with van der Waals surface area (Å²) >= 11 is 5.72. The average Bonchev–Trinajstić information content (AvgIpc) is 3.03. The normalized spacial score (nSPS) is 14.4. The van der Waals surface area contributed by atoms with Gasteiger partial charge in [-0.05, 0) is 50.6 Å². The summed E-state index contributed by atoms with van der Waals surface area (Å²) in [6, 6.07) is 7.20. The summed E-state index contributed by atoms with van der Waals surface area (Å²) in [7, 11) is 0. The summed E-state index contributed by atoms with van der Waals surface area (Å²) in [6.07, 6.45) is 2.78. The van der Waals surface area contributed by atoms with Crippen molar-refractivity contribution in [2.24, 2.45) is 5.73 Å². The topological polar surface area (TPSA) is 55.1 Å². The Kier molecular flexibility index (Phi) is 11.4. The number of ketones is 1. The van der Waals surface area contributed by atoms with E-state index in [4.69, 9.17) is 17.3 Å². The van der Waals surface area contributed by atoms with Gasteiger partial charge in [0.25, 0.3) is 0 Å².